The lowest BCUT2D eigenvalue weighted by atomic mass is 10.0. The topological polar surface area (TPSA) is 40.5 Å². The van der Waals surface area contributed by atoms with E-state index in [9.17, 15) is 5.11 Å². The first-order valence-corrected chi connectivity index (χ1v) is 10.1. The normalized spacial score (nSPS) is 14.2. The second-order valence-corrected chi connectivity index (χ2v) is 7.21. The number of unbranched alkanes of at least 4 members (excludes halogenated alkanes) is 13. The third-order valence-corrected chi connectivity index (χ3v) is 4.95. The molecule has 0 aromatic rings. The minimum absolute atomic E-state index is 0.229. The molecule has 0 saturated heterocycles. The van der Waals surface area contributed by atoms with E-state index in [4.69, 9.17) is 16.7 Å². The fraction of sp³-hybridized carbons (Fsp3) is 1.00. The zero-order chi connectivity index (χ0) is 16.5. The number of aliphatic hydroxyl groups excluding tert-OH is 2. The van der Waals surface area contributed by atoms with Gasteiger partial charge in [0.05, 0.1) is 18.1 Å². The maximum Gasteiger partial charge on any atom is 0.0933 e. The van der Waals surface area contributed by atoms with Crippen LogP contribution in [0.3, 0.4) is 0 Å². The molecule has 0 bridgehead atoms. The number of hydrogen-bond donors (Lipinski definition) is 2. The molecule has 22 heavy (non-hydrogen) atoms. The number of aliphatic hydroxyl groups is 2. The Morgan fingerprint density at radius 3 is 1.41 bits per heavy atom. The second kappa shape index (κ2) is 17.6. The molecule has 0 aromatic carbocycles. The van der Waals surface area contributed by atoms with E-state index in [1.807, 2.05) is 0 Å². The molecule has 0 amide bonds. The maximum atomic E-state index is 9.35. The highest BCUT2D eigenvalue weighted by atomic mass is 35.5. The molecule has 0 aliphatic carbocycles. The summed E-state index contributed by atoms with van der Waals surface area (Å²) in [7, 11) is 0. The summed E-state index contributed by atoms with van der Waals surface area (Å²) in [5, 5.41) is 17.8. The number of hydrogen-bond acceptors (Lipinski definition) is 2. The number of alkyl halides is 1. The van der Waals surface area contributed by atoms with Gasteiger partial charge in [-0.15, -0.1) is 11.6 Å². The van der Waals surface area contributed by atoms with Crippen molar-refractivity contribution in [2.75, 3.05) is 6.61 Å². The Bertz CT molecular complexity index is 212. The van der Waals surface area contributed by atoms with Crippen LogP contribution in [0.25, 0.3) is 0 Å². The Morgan fingerprint density at radius 2 is 1.05 bits per heavy atom. The molecule has 0 aliphatic heterocycles. The van der Waals surface area contributed by atoms with Crippen LogP contribution in [0.1, 0.15) is 103 Å². The molecule has 0 heterocycles. The first-order valence-electron chi connectivity index (χ1n) is 9.65. The third-order valence-electron chi connectivity index (χ3n) is 4.44. The van der Waals surface area contributed by atoms with Crippen molar-refractivity contribution >= 4 is 11.6 Å². The van der Waals surface area contributed by atoms with Crippen LogP contribution in [-0.4, -0.2) is 28.3 Å². The van der Waals surface area contributed by atoms with Gasteiger partial charge in [-0.1, -0.05) is 96.8 Å². The summed E-state index contributed by atoms with van der Waals surface area (Å²) in [6.07, 6.45) is 18.9. The van der Waals surface area contributed by atoms with Crippen LogP contribution < -0.4 is 0 Å². The predicted octanol–water partition coefficient (Wildman–Crippen LogP) is 5.82. The molecule has 2 atom stereocenters. The lowest BCUT2D eigenvalue weighted by Crippen LogP contribution is -2.24. The van der Waals surface area contributed by atoms with Crippen molar-refractivity contribution in [1.82, 2.24) is 0 Å². The molecule has 0 aliphatic rings. The summed E-state index contributed by atoms with van der Waals surface area (Å²) < 4.78 is 0. The van der Waals surface area contributed by atoms with Gasteiger partial charge >= 0.3 is 0 Å². The van der Waals surface area contributed by atoms with Gasteiger partial charge in [-0.3, -0.25) is 0 Å². The van der Waals surface area contributed by atoms with Crippen LogP contribution >= 0.6 is 11.6 Å². The van der Waals surface area contributed by atoms with Crippen molar-refractivity contribution in [3.63, 3.8) is 0 Å². The largest absolute Gasteiger partial charge is 0.394 e. The summed E-state index contributed by atoms with van der Waals surface area (Å²) >= 11 is 5.97. The van der Waals surface area contributed by atoms with Crippen LogP contribution in [0.15, 0.2) is 0 Å². The Balaban J connectivity index is 3.08. The molecular formula is C19H39ClO2. The van der Waals surface area contributed by atoms with Crippen molar-refractivity contribution in [2.24, 2.45) is 0 Å². The van der Waals surface area contributed by atoms with E-state index in [1.165, 1.54) is 83.5 Å². The molecule has 0 fully saturated rings. The molecule has 0 rings (SSSR count). The van der Waals surface area contributed by atoms with Gasteiger partial charge in [0.15, 0.2) is 0 Å². The molecule has 2 unspecified atom stereocenters. The van der Waals surface area contributed by atoms with Gasteiger partial charge in [-0.2, -0.15) is 0 Å². The molecule has 0 spiro atoms. The van der Waals surface area contributed by atoms with E-state index in [1.54, 1.807) is 0 Å². The van der Waals surface area contributed by atoms with Crippen LogP contribution in [0.5, 0.6) is 0 Å². The van der Waals surface area contributed by atoms with E-state index in [-0.39, 0.29) is 12.0 Å². The number of halogens is 1. The lowest BCUT2D eigenvalue weighted by Gasteiger charge is -2.13. The van der Waals surface area contributed by atoms with Gasteiger partial charge in [-0.05, 0) is 6.42 Å². The average Bonchev–Trinajstić information content (AvgIpc) is 2.54. The quantitative estimate of drug-likeness (QED) is 0.260. The van der Waals surface area contributed by atoms with E-state index >= 15 is 0 Å². The van der Waals surface area contributed by atoms with Gasteiger partial charge < -0.3 is 10.2 Å². The predicted molar refractivity (Wildman–Crippen MR) is 97.7 cm³/mol. The standard InChI is InChI=1S/C19H39ClO2/c1-2-3-4-5-6-7-8-9-10-11-12-13-14-15-16-18(20)19(22)17-21/h18-19,21-22H,2-17H2,1H3. The van der Waals surface area contributed by atoms with Crippen LogP contribution in [0, 0.1) is 0 Å². The van der Waals surface area contributed by atoms with Gasteiger partial charge in [0.2, 0.25) is 0 Å². The van der Waals surface area contributed by atoms with Crippen molar-refractivity contribution in [3.05, 3.63) is 0 Å². The first kappa shape index (κ1) is 22.2. The highest BCUT2D eigenvalue weighted by Gasteiger charge is 2.14. The Hall–Kier alpha value is 0.210. The van der Waals surface area contributed by atoms with Gasteiger partial charge in [0, 0.05) is 0 Å². The Kier molecular flexibility index (Phi) is 17.7. The molecule has 0 aromatic heterocycles. The smallest absolute Gasteiger partial charge is 0.0933 e. The van der Waals surface area contributed by atoms with E-state index in [0.29, 0.717) is 0 Å². The second-order valence-electron chi connectivity index (χ2n) is 6.65. The fourth-order valence-corrected chi connectivity index (χ4v) is 3.07. The van der Waals surface area contributed by atoms with E-state index in [2.05, 4.69) is 6.92 Å². The highest BCUT2D eigenvalue weighted by molar-refractivity contribution is 6.21. The average molecular weight is 335 g/mol. The van der Waals surface area contributed by atoms with Crippen molar-refractivity contribution < 1.29 is 10.2 Å². The fourth-order valence-electron chi connectivity index (χ4n) is 2.84. The van der Waals surface area contributed by atoms with E-state index < -0.39 is 6.10 Å². The van der Waals surface area contributed by atoms with Crippen LogP contribution in [0.2, 0.25) is 0 Å². The summed E-state index contributed by atoms with van der Waals surface area (Å²) in [5.41, 5.74) is 0. The first-order chi connectivity index (χ1) is 10.7. The lowest BCUT2D eigenvalue weighted by molar-refractivity contribution is 0.0890. The van der Waals surface area contributed by atoms with Crippen LogP contribution in [-0.2, 0) is 0 Å². The van der Waals surface area contributed by atoms with Crippen molar-refractivity contribution in [2.45, 2.75) is 115 Å². The van der Waals surface area contributed by atoms with E-state index in [0.717, 1.165) is 12.8 Å². The van der Waals surface area contributed by atoms with Crippen molar-refractivity contribution in [1.29, 1.82) is 0 Å². The van der Waals surface area contributed by atoms with Crippen molar-refractivity contribution in [3.8, 4) is 0 Å². The van der Waals surface area contributed by atoms with Crippen LogP contribution in [0.4, 0.5) is 0 Å². The molecule has 2 N–H and O–H groups in total. The minimum atomic E-state index is -0.761. The Labute approximate surface area is 143 Å². The molecule has 2 nitrogen and oxygen atoms in total. The molecule has 0 radical (unpaired) electrons. The molecular weight excluding hydrogens is 296 g/mol. The summed E-state index contributed by atoms with van der Waals surface area (Å²) in [6, 6.07) is 0. The molecule has 0 saturated carbocycles. The maximum absolute atomic E-state index is 9.35. The monoisotopic (exact) mass is 334 g/mol. The number of rotatable bonds is 17. The van der Waals surface area contributed by atoms with Gasteiger partial charge in [0.1, 0.15) is 0 Å². The Morgan fingerprint density at radius 1 is 0.682 bits per heavy atom. The SMILES string of the molecule is CCCCCCCCCCCCCCCCC(Cl)C(O)CO. The summed E-state index contributed by atoms with van der Waals surface area (Å²) in [4.78, 5) is 0. The molecule has 3 heteroatoms. The third kappa shape index (κ3) is 15.1. The molecule has 134 valence electrons. The summed E-state index contributed by atoms with van der Waals surface area (Å²) in [5.74, 6) is 0. The minimum Gasteiger partial charge on any atom is -0.394 e. The van der Waals surface area contributed by atoms with Gasteiger partial charge in [0.25, 0.3) is 0 Å². The zero-order valence-corrected chi connectivity index (χ0v) is 15.5. The summed E-state index contributed by atoms with van der Waals surface area (Å²) in [6.45, 7) is 2.04. The highest BCUT2D eigenvalue weighted by Crippen LogP contribution is 2.16. The van der Waals surface area contributed by atoms with Gasteiger partial charge in [-0.25, -0.2) is 0 Å². The zero-order valence-electron chi connectivity index (χ0n) is 14.7.